The highest BCUT2D eigenvalue weighted by Crippen LogP contribution is 2.14. The Morgan fingerprint density at radius 3 is 2.65 bits per heavy atom. The summed E-state index contributed by atoms with van der Waals surface area (Å²) in [5, 5.41) is 6.24. The van der Waals surface area contributed by atoms with Gasteiger partial charge in [0.05, 0.1) is 0 Å². The molecule has 0 saturated carbocycles. The van der Waals surface area contributed by atoms with Gasteiger partial charge in [-0.3, -0.25) is 4.79 Å². The van der Waals surface area contributed by atoms with Crippen LogP contribution in [0.25, 0.3) is 0 Å². The Labute approximate surface area is 104 Å². The van der Waals surface area contributed by atoms with E-state index in [4.69, 9.17) is 0 Å². The van der Waals surface area contributed by atoms with Crippen molar-refractivity contribution in [2.45, 2.75) is 33.7 Å². The molecular formula is C14H22N2O. The monoisotopic (exact) mass is 234 g/mol. The van der Waals surface area contributed by atoms with Crippen LogP contribution >= 0.6 is 0 Å². The number of amides is 1. The molecular weight excluding hydrogens is 212 g/mol. The summed E-state index contributed by atoms with van der Waals surface area (Å²) in [6.45, 7) is 7.76. The molecule has 3 heteroatoms. The lowest BCUT2D eigenvalue weighted by Gasteiger charge is -2.11. The molecule has 0 spiro atoms. The van der Waals surface area contributed by atoms with E-state index in [1.54, 1.807) is 0 Å². The molecule has 0 aliphatic heterocycles. The highest BCUT2D eigenvalue weighted by Gasteiger charge is 2.02. The van der Waals surface area contributed by atoms with E-state index in [0.717, 1.165) is 24.3 Å². The summed E-state index contributed by atoms with van der Waals surface area (Å²) in [6, 6.07) is 7.89. The average molecular weight is 234 g/mol. The molecule has 2 N–H and O–H groups in total. The summed E-state index contributed by atoms with van der Waals surface area (Å²) in [4.78, 5) is 11.1. The Balaban J connectivity index is 2.49. The van der Waals surface area contributed by atoms with Gasteiger partial charge in [0.25, 0.3) is 0 Å². The van der Waals surface area contributed by atoms with Gasteiger partial charge in [-0.15, -0.1) is 0 Å². The Morgan fingerprint density at radius 2 is 2.00 bits per heavy atom. The summed E-state index contributed by atoms with van der Waals surface area (Å²) in [5.41, 5.74) is 2.03. The topological polar surface area (TPSA) is 41.1 Å². The molecule has 0 bridgehead atoms. The van der Waals surface area contributed by atoms with Crippen LogP contribution in [0.15, 0.2) is 24.3 Å². The van der Waals surface area contributed by atoms with Gasteiger partial charge in [0.2, 0.25) is 5.91 Å². The first kappa shape index (κ1) is 13.7. The quantitative estimate of drug-likeness (QED) is 0.743. The molecule has 0 unspecified atom stereocenters. The van der Waals surface area contributed by atoms with Crippen LogP contribution in [0.5, 0.6) is 0 Å². The van der Waals surface area contributed by atoms with Crippen molar-refractivity contribution in [3.63, 3.8) is 0 Å². The van der Waals surface area contributed by atoms with E-state index in [-0.39, 0.29) is 5.91 Å². The highest BCUT2D eigenvalue weighted by molar-refractivity contribution is 5.89. The molecule has 0 atom stereocenters. The Kier molecular flexibility index (Phi) is 5.70. The zero-order chi connectivity index (χ0) is 12.7. The first-order chi connectivity index (χ1) is 8.09. The second-order valence-corrected chi connectivity index (χ2v) is 4.70. The van der Waals surface area contributed by atoms with Crippen molar-refractivity contribution in [2.75, 3.05) is 11.9 Å². The van der Waals surface area contributed by atoms with Gasteiger partial charge in [0.15, 0.2) is 0 Å². The number of anilines is 1. The van der Waals surface area contributed by atoms with Gasteiger partial charge in [-0.05, 0) is 30.5 Å². The predicted octanol–water partition coefficient (Wildman–Crippen LogP) is 2.78. The fourth-order valence-electron chi connectivity index (χ4n) is 1.60. The predicted molar refractivity (Wildman–Crippen MR) is 71.9 cm³/mol. The second kappa shape index (κ2) is 7.07. The van der Waals surface area contributed by atoms with Crippen molar-refractivity contribution < 1.29 is 4.79 Å². The zero-order valence-electron chi connectivity index (χ0n) is 10.9. The van der Waals surface area contributed by atoms with E-state index in [1.165, 1.54) is 13.3 Å². The van der Waals surface area contributed by atoms with Crippen LogP contribution in [0.2, 0.25) is 0 Å². The van der Waals surface area contributed by atoms with Crippen LogP contribution < -0.4 is 10.6 Å². The van der Waals surface area contributed by atoms with E-state index in [2.05, 4.69) is 24.5 Å². The molecule has 0 heterocycles. The van der Waals surface area contributed by atoms with Crippen LogP contribution in [0.3, 0.4) is 0 Å². The highest BCUT2D eigenvalue weighted by atomic mass is 16.1. The largest absolute Gasteiger partial charge is 0.326 e. The number of hydrogen-bond donors (Lipinski definition) is 2. The molecule has 1 rings (SSSR count). The van der Waals surface area contributed by atoms with Gasteiger partial charge >= 0.3 is 0 Å². The van der Waals surface area contributed by atoms with E-state index in [0.29, 0.717) is 5.92 Å². The van der Waals surface area contributed by atoms with Gasteiger partial charge in [-0.1, -0.05) is 32.0 Å². The van der Waals surface area contributed by atoms with Gasteiger partial charge in [0.1, 0.15) is 0 Å². The number of para-hydroxylation sites is 1. The summed E-state index contributed by atoms with van der Waals surface area (Å²) >= 11 is 0. The summed E-state index contributed by atoms with van der Waals surface area (Å²) in [6.07, 6.45) is 1.17. The zero-order valence-corrected chi connectivity index (χ0v) is 10.9. The van der Waals surface area contributed by atoms with Crippen molar-refractivity contribution in [2.24, 2.45) is 5.92 Å². The Bertz CT molecular complexity index is 361. The maximum absolute atomic E-state index is 11.1. The van der Waals surface area contributed by atoms with Crippen LogP contribution in [-0.2, 0) is 11.3 Å². The van der Waals surface area contributed by atoms with Crippen molar-refractivity contribution in [1.82, 2.24) is 5.32 Å². The molecule has 1 amide bonds. The first-order valence-corrected chi connectivity index (χ1v) is 6.16. The third kappa shape index (κ3) is 5.50. The maximum Gasteiger partial charge on any atom is 0.221 e. The third-order valence-corrected chi connectivity index (χ3v) is 2.54. The molecule has 94 valence electrons. The number of rotatable bonds is 6. The third-order valence-electron chi connectivity index (χ3n) is 2.54. The molecule has 0 radical (unpaired) electrons. The van der Waals surface area contributed by atoms with Crippen LogP contribution in [0, 0.1) is 5.92 Å². The molecule has 3 nitrogen and oxygen atoms in total. The summed E-state index contributed by atoms with van der Waals surface area (Å²) < 4.78 is 0. The van der Waals surface area contributed by atoms with Crippen molar-refractivity contribution >= 4 is 11.6 Å². The minimum absolute atomic E-state index is 0.0281. The molecule has 0 aromatic heterocycles. The molecule has 0 saturated heterocycles. The second-order valence-electron chi connectivity index (χ2n) is 4.70. The minimum Gasteiger partial charge on any atom is -0.326 e. The van der Waals surface area contributed by atoms with Gasteiger partial charge < -0.3 is 10.6 Å². The van der Waals surface area contributed by atoms with Crippen molar-refractivity contribution in [3.05, 3.63) is 29.8 Å². The van der Waals surface area contributed by atoms with Crippen LogP contribution in [0.1, 0.15) is 32.8 Å². The number of carbonyl (C=O) groups is 1. The smallest absolute Gasteiger partial charge is 0.221 e. The minimum atomic E-state index is -0.0281. The molecule has 1 aromatic rings. The average Bonchev–Trinajstić information content (AvgIpc) is 2.25. The molecule has 1 aromatic carbocycles. The summed E-state index contributed by atoms with van der Waals surface area (Å²) in [7, 11) is 0. The van der Waals surface area contributed by atoms with E-state index in [1.807, 2.05) is 24.3 Å². The molecule has 17 heavy (non-hydrogen) atoms. The van der Waals surface area contributed by atoms with Crippen molar-refractivity contribution in [1.29, 1.82) is 0 Å². The molecule has 0 aliphatic carbocycles. The van der Waals surface area contributed by atoms with Crippen molar-refractivity contribution in [3.8, 4) is 0 Å². The Hall–Kier alpha value is -1.35. The lowest BCUT2D eigenvalue weighted by Crippen LogP contribution is -2.18. The van der Waals surface area contributed by atoms with E-state index >= 15 is 0 Å². The van der Waals surface area contributed by atoms with Gasteiger partial charge in [-0.25, -0.2) is 0 Å². The maximum atomic E-state index is 11.1. The number of benzene rings is 1. The number of nitrogens with one attached hydrogen (secondary N) is 2. The van der Waals surface area contributed by atoms with Gasteiger partial charge in [0, 0.05) is 19.2 Å². The molecule has 0 fully saturated rings. The van der Waals surface area contributed by atoms with E-state index < -0.39 is 0 Å². The normalized spacial score (nSPS) is 10.6. The van der Waals surface area contributed by atoms with E-state index in [9.17, 15) is 4.79 Å². The first-order valence-electron chi connectivity index (χ1n) is 6.16. The Morgan fingerprint density at radius 1 is 1.29 bits per heavy atom. The fraction of sp³-hybridized carbons (Fsp3) is 0.500. The lowest BCUT2D eigenvalue weighted by atomic mass is 10.1. The fourth-order valence-corrected chi connectivity index (χ4v) is 1.60. The lowest BCUT2D eigenvalue weighted by molar-refractivity contribution is -0.114. The number of hydrogen-bond acceptors (Lipinski definition) is 2. The summed E-state index contributed by atoms with van der Waals surface area (Å²) in [5.74, 6) is 0.688. The number of carbonyl (C=O) groups excluding carboxylic acids is 1. The SMILES string of the molecule is CC(=O)Nc1ccccc1CNCCC(C)C. The molecule has 0 aliphatic rings. The van der Waals surface area contributed by atoms with Crippen LogP contribution in [-0.4, -0.2) is 12.5 Å². The standard InChI is InChI=1S/C14H22N2O/c1-11(2)8-9-15-10-13-6-4-5-7-14(13)16-12(3)17/h4-7,11,15H,8-10H2,1-3H3,(H,16,17). The van der Waals surface area contributed by atoms with Crippen LogP contribution in [0.4, 0.5) is 5.69 Å². The van der Waals surface area contributed by atoms with Gasteiger partial charge in [-0.2, -0.15) is 0 Å².